The van der Waals surface area contributed by atoms with E-state index in [1.807, 2.05) is 23.6 Å². The Bertz CT molecular complexity index is 1160. The van der Waals surface area contributed by atoms with Crippen molar-refractivity contribution in [1.29, 1.82) is 0 Å². The van der Waals surface area contributed by atoms with Crippen molar-refractivity contribution in [2.45, 2.75) is 0 Å². The van der Waals surface area contributed by atoms with Crippen molar-refractivity contribution < 1.29 is 14.2 Å². The molecule has 31 heavy (non-hydrogen) atoms. The van der Waals surface area contributed by atoms with Crippen LogP contribution in [0, 0.1) is 0 Å². The van der Waals surface area contributed by atoms with Crippen molar-refractivity contribution in [1.82, 2.24) is 4.68 Å². The molecule has 0 fully saturated rings. The summed E-state index contributed by atoms with van der Waals surface area (Å²) in [7, 11) is 4.70. The van der Waals surface area contributed by atoms with Crippen LogP contribution < -0.4 is 19.0 Å². The fraction of sp³-hybridized carbons (Fsp3) is 0.182. The van der Waals surface area contributed by atoms with E-state index in [4.69, 9.17) is 37.4 Å². The zero-order chi connectivity index (χ0) is 22.4. The number of hydrogen-bond donors (Lipinski definition) is 0. The van der Waals surface area contributed by atoms with E-state index in [0.717, 1.165) is 16.8 Å². The van der Waals surface area contributed by atoms with Crippen LogP contribution in [0.2, 0.25) is 10.0 Å². The van der Waals surface area contributed by atoms with Gasteiger partial charge in [0.2, 0.25) is 10.6 Å². The zero-order valence-corrected chi connectivity index (χ0v) is 19.6. The van der Waals surface area contributed by atoms with Gasteiger partial charge in [-0.1, -0.05) is 29.3 Å². The number of thiazole rings is 1. The Labute approximate surface area is 194 Å². The van der Waals surface area contributed by atoms with E-state index in [1.165, 1.54) is 11.3 Å². The smallest absolute Gasteiger partial charge is 0.206 e. The van der Waals surface area contributed by atoms with Crippen molar-refractivity contribution in [3.8, 4) is 28.5 Å². The second-order valence-corrected chi connectivity index (χ2v) is 7.85. The minimum Gasteiger partial charge on any atom is -0.493 e. The van der Waals surface area contributed by atoms with E-state index < -0.39 is 0 Å². The van der Waals surface area contributed by atoms with E-state index in [0.29, 0.717) is 38.6 Å². The van der Waals surface area contributed by atoms with E-state index in [9.17, 15) is 0 Å². The minimum absolute atomic E-state index is 0.466. The standard InChI is InChI=1S/C22H21Cl2N3O3S/c1-5-8-25-22-27(18(13-31-22)16-7-6-15(23)11-17(16)24)26-12-14-9-19(28-2)21(30-4)20(10-14)29-3/h5-7,9-13H,1,8H2,2-4H3. The number of methoxy groups -OCH3 is 3. The lowest BCUT2D eigenvalue weighted by Gasteiger charge is -2.12. The quantitative estimate of drug-likeness (QED) is 0.317. The fourth-order valence-corrected chi connectivity index (χ4v) is 4.19. The van der Waals surface area contributed by atoms with Gasteiger partial charge in [0.15, 0.2) is 11.5 Å². The van der Waals surface area contributed by atoms with Crippen LogP contribution in [0.25, 0.3) is 11.3 Å². The lowest BCUT2D eigenvalue weighted by atomic mass is 10.2. The third-order valence-corrected chi connectivity index (χ3v) is 5.66. The molecule has 0 spiro atoms. The molecule has 2 aromatic carbocycles. The van der Waals surface area contributed by atoms with Gasteiger partial charge in [-0.2, -0.15) is 5.10 Å². The van der Waals surface area contributed by atoms with Gasteiger partial charge in [0.25, 0.3) is 0 Å². The summed E-state index contributed by atoms with van der Waals surface area (Å²) in [4.78, 5) is 5.24. The molecule has 0 unspecified atom stereocenters. The third kappa shape index (κ3) is 5.12. The number of aromatic nitrogens is 1. The number of hydrogen-bond acceptors (Lipinski definition) is 6. The molecule has 0 atom stereocenters. The van der Waals surface area contributed by atoms with Crippen molar-refractivity contribution in [2.24, 2.45) is 10.1 Å². The van der Waals surface area contributed by atoms with E-state index >= 15 is 0 Å². The van der Waals surface area contributed by atoms with Crippen LogP contribution in [0.15, 0.2) is 58.5 Å². The first-order valence-electron chi connectivity index (χ1n) is 9.14. The summed E-state index contributed by atoms with van der Waals surface area (Å²) in [5.74, 6) is 1.59. The molecular formula is C22H21Cl2N3O3S. The fourth-order valence-electron chi connectivity index (χ4n) is 2.84. The first kappa shape index (κ1) is 22.9. The molecule has 0 amide bonds. The first-order chi connectivity index (χ1) is 15.0. The molecule has 0 aliphatic carbocycles. The van der Waals surface area contributed by atoms with Crippen LogP contribution in [-0.4, -0.2) is 38.8 Å². The molecular weight excluding hydrogens is 457 g/mol. The van der Waals surface area contributed by atoms with Crippen LogP contribution >= 0.6 is 34.5 Å². The normalized spacial score (nSPS) is 11.7. The predicted molar refractivity (Wildman–Crippen MR) is 127 cm³/mol. The Hall–Kier alpha value is -2.74. The van der Waals surface area contributed by atoms with E-state index in [-0.39, 0.29) is 0 Å². The summed E-state index contributed by atoms with van der Waals surface area (Å²) in [6.07, 6.45) is 3.42. The highest BCUT2D eigenvalue weighted by Crippen LogP contribution is 2.38. The van der Waals surface area contributed by atoms with Crippen LogP contribution in [0.1, 0.15) is 5.56 Å². The Balaban J connectivity index is 2.13. The Morgan fingerprint density at radius 1 is 1.06 bits per heavy atom. The summed E-state index contributed by atoms with van der Waals surface area (Å²) in [6.45, 7) is 4.20. The average molecular weight is 478 g/mol. The molecule has 0 bridgehead atoms. The third-order valence-electron chi connectivity index (χ3n) is 4.26. The molecule has 0 saturated carbocycles. The van der Waals surface area contributed by atoms with Crippen LogP contribution in [0.4, 0.5) is 0 Å². The molecule has 0 radical (unpaired) electrons. The molecule has 162 valence electrons. The number of ether oxygens (including phenoxy) is 3. The molecule has 0 saturated heterocycles. The van der Waals surface area contributed by atoms with Gasteiger partial charge in [0.05, 0.1) is 44.8 Å². The predicted octanol–water partition coefficient (Wildman–Crippen LogP) is 5.52. The zero-order valence-electron chi connectivity index (χ0n) is 17.3. The highest BCUT2D eigenvalue weighted by Gasteiger charge is 2.14. The van der Waals surface area contributed by atoms with Crippen molar-refractivity contribution in [3.63, 3.8) is 0 Å². The molecule has 3 aromatic rings. The van der Waals surface area contributed by atoms with Gasteiger partial charge in [-0.3, -0.25) is 4.99 Å². The maximum absolute atomic E-state index is 6.44. The molecule has 3 rings (SSSR count). The van der Waals surface area contributed by atoms with Crippen molar-refractivity contribution >= 4 is 40.8 Å². The molecule has 9 heteroatoms. The molecule has 0 aliphatic rings. The number of nitrogens with zero attached hydrogens (tertiary/aromatic N) is 3. The maximum Gasteiger partial charge on any atom is 0.206 e. The largest absolute Gasteiger partial charge is 0.493 e. The van der Waals surface area contributed by atoms with Gasteiger partial charge < -0.3 is 14.2 Å². The summed E-state index contributed by atoms with van der Waals surface area (Å²) >= 11 is 14.0. The Morgan fingerprint density at radius 3 is 2.35 bits per heavy atom. The maximum atomic E-state index is 6.44. The number of benzene rings is 2. The van der Waals surface area contributed by atoms with Gasteiger partial charge in [-0.15, -0.1) is 17.9 Å². The second-order valence-electron chi connectivity index (χ2n) is 6.17. The Kier molecular flexibility index (Phi) is 7.79. The first-order valence-corrected chi connectivity index (χ1v) is 10.8. The van der Waals surface area contributed by atoms with Gasteiger partial charge in [-0.25, -0.2) is 4.68 Å². The monoisotopic (exact) mass is 477 g/mol. The number of halogens is 2. The van der Waals surface area contributed by atoms with Crippen LogP contribution in [-0.2, 0) is 0 Å². The lowest BCUT2D eigenvalue weighted by molar-refractivity contribution is 0.324. The van der Waals surface area contributed by atoms with Crippen LogP contribution in [0.3, 0.4) is 0 Å². The highest BCUT2D eigenvalue weighted by atomic mass is 35.5. The highest BCUT2D eigenvalue weighted by molar-refractivity contribution is 7.07. The molecule has 0 aliphatic heterocycles. The topological polar surface area (TPSA) is 57.3 Å². The number of rotatable bonds is 8. The molecule has 6 nitrogen and oxygen atoms in total. The molecule has 1 heterocycles. The summed E-state index contributed by atoms with van der Waals surface area (Å²) < 4.78 is 18.0. The summed E-state index contributed by atoms with van der Waals surface area (Å²) in [5.41, 5.74) is 2.35. The average Bonchev–Trinajstić information content (AvgIpc) is 3.17. The molecule has 0 N–H and O–H groups in total. The Morgan fingerprint density at radius 2 is 1.77 bits per heavy atom. The van der Waals surface area contributed by atoms with E-state index in [1.54, 1.807) is 50.4 Å². The minimum atomic E-state index is 0.466. The van der Waals surface area contributed by atoms with E-state index in [2.05, 4.69) is 16.7 Å². The SMILES string of the molecule is C=CCN=c1scc(-c2ccc(Cl)cc2Cl)n1N=Cc1cc(OC)c(OC)c(OC)c1. The van der Waals surface area contributed by atoms with Gasteiger partial charge >= 0.3 is 0 Å². The summed E-state index contributed by atoms with van der Waals surface area (Å²) in [5, 5.41) is 7.70. The summed E-state index contributed by atoms with van der Waals surface area (Å²) in [6, 6.07) is 8.97. The van der Waals surface area contributed by atoms with Crippen LogP contribution in [0.5, 0.6) is 17.2 Å². The second kappa shape index (κ2) is 10.5. The van der Waals surface area contributed by atoms with Gasteiger partial charge in [0, 0.05) is 21.5 Å². The molecule has 1 aromatic heterocycles. The van der Waals surface area contributed by atoms with Crippen molar-refractivity contribution in [3.05, 3.63) is 68.8 Å². The van der Waals surface area contributed by atoms with Crippen molar-refractivity contribution in [2.75, 3.05) is 27.9 Å². The van der Waals surface area contributed by atoms with Gasteiger partial charge in [-0.05, 0) is 30.3 Å². The van der Waals surface area contributed by atoms with Gasteiger partial charge in [0.1, 0.15) is 0 Å². The lowest BCUT2D eigenvalue weighted by Crippen LogP contribution is -2.12.